The van der Waals surface area contributed by atoms with Gasteiger partial charge in [-0.3, -0.25) is 9.78 Å². The number of amides is 1. The third-order valence-corrected chi connectivity index (χ3v) is 2.56. The smallest absolute Gasteiger partial charge is 0.239 e. The summed E-state index contributed by atoms with van der Waals surface area (Å²) in [7, 11) is 0. The Bertz CT molecular complexity index is 343. The Morgan fingerprint density at radius 3 is 2.67 bits per heavy atom. The van der Waals surface area contributed by atoms with Crippen LogP contribution in [-0.4, -0.2) is 34.9 Å². The molecule has 0 fully saturated rings. The molecule has 1 rings (SSSR count). The predicted molar refractivity (Wildman–Crippen MR) is 75.7 cm³/mol. The van der Waals surface area contributed by atoms with E-state index in [1.165, 1.54) is 0 Å². The van der Waals surface area contributed by atoms with Crippen molar-refractivity contribution in [2.75, 3.05) is 13.1 Å². The highest BCUT2D eigenvalue weighted by molar-refractivity contribution is 5.85. The summed E-state index contributed by atoms with van der Waals surface area (Å²) in [5, 5.41) is 0. The fraction of sp³-hybridized carbons (Fsp3) is 0.538. The summed E-state index contributed by atoms with van der Waals surface area (Å²) in [6.07, 6.45) is 3.49. The molecule has 102 valence electrons. The van der Waals surface area contributed by atoms with Crippen LogP contribution in [-0.2, 0) is 11.2 Å². The monoisotopic (exact) mass is 271 g/mol. The van der Waals surface area contributed by atoms with Gasteiger partial charge in [-0.25, -0.2) is 0 Å². The minimum Gasteiger partial charge on any atom is -0.341 e. The van der Waals surface area contributed by atoms with Gasteiger partial charge in [-0.1, -0.05) is 13.0 Å². The summed E-state index contributed by atoms with van der Waals surface area (Å²) in [6, 6.07) is 5.39. The molecule has 0 aliphatic heterocycles. The van der Waals surface area contributed by atoms with E-state index in [9.17, 15) is 4.79 Å². The standard InChI is InChI=1S/C13H21N3O.ClH/c1-3-9-16(13(17)11(2)14)10-7-12-6-4-5-8-15-12;/h4-6,8,11H,3,7,9-10,14H2,1-2H3;1H/t11-;/m1./s1. The van der Waals surface area contributed by atoms with Crippen LogP contribution >= 0.6 is 12.4 Å². The van der Waals surface area contributed by atoms with E-state index < -0.39 is 6.04 Å². The van der Waals surface area contributed by atoms with E-state index in [0.29, 0.717) is 6.54 Å². The Morgan fingerprint density at radius 1 is 1.44 bits per heavy atom. The van der Waals surface area contributed by atoms with E-state index in [1.54, 1.807) is 13.1 Å². The third kappa shape index (κ3) is 5.47. The van der Waals surface area contributed by atoms with Crippen LogP contribution < -0.4 is 5.73 Å². The summed E-state index contributed by atoms with van der Waals surface area (Å²) in [6.45, 7) is 5.23. The van der Waals surface area contributed by atoms with E-state index in [1.807, 2.05) is 23.1 Å². The van der Waals surface area contributed by atoms with Gasteiger partial charge in [0.2, 0.25) is 5.91 Å². The van der Waals surface area contributed by atoms with Crippen LogP contribution in [0.5, 0.6) is 0 Å². The molecule has 1 atom stereocenters. The Morgan fingerprint density at radius 2 is 2.17 bits per heavy atom. The maximum absolute atomic E-state index is 11.8. The average Bonchev–Trinajstić information content (AvgIpc) is 2.34. The molecule has 1 heterocycles. The number of nitrogens with zero attached hydrogens (tertiary/aromatic N) is 2. The minimum absolute atomic E-state index is 0. The van der Waals surface area contributed by atoms with Crippen molar-refractivity contribution >= 4 is 18.3 Å². The molecule has 4 nitrogen and oxygen atoms in total. The topological polar surface area (TPSA) is 59.2 Å². The molecule has 1 amide bonds. The lowest BCUT2D eigenvalue weighted by Crippen LogP contribution is -2.43. The first-order valence-electron chi connectivity index (χ1n) is 6.09. The summed E-state index contributed by atoms with van der Waals surface area (Å²) >= 11 is 0. The van der Waals surface area contributed by atoms with Gasteiger partial charge in [0.25, 0.3) is 0 Å². The largest absolute Gasteiger partial charge is 0.341 e. The van der Waals surface area contributed by atoms with E-state index in [2.05, 4.69) is 11.9 Å². The highest BCUT2D eigenvalue weighted by Crippen LogP contribution is 2.01. The summed E-state index contributed by atoms with van der Waals surface area (Å²) in [4.78, 5) is 17.9. The number of carbonyl (C=O) groups is 1. The SMILES string of the molecule is CCCN(CCc1ccccn1)C(=O)[C@@H](C)N.Cl. The zero-order valence-corrected chi connectivity index (χ0v) is 11.8. The maximum Gasteiger partial charge on any atom is 0.239 e. The van der Waals surface area contributed by atoms with Crippen LogP contribution in [0.3, 0.4) is 0 Å². The van der Waals surface area contributed by atoms with Crippen molar-refractivity contribution in [3.8, 4) is 0 Å². The first-order chi connectivity index (χ1) is 8.15. The van der Waals surface area contributed by atoms with Crippen LogP contribution in [0, 0.1) is 0 Å². The van der Waals surface area contributed by atoms with Gasteiger partial charge in [0.1, 0.15) is 0 Å². The second-order valence-electron chi connectivity index (χ2n) is 4.19. The van der Waals surface area contributed by atoms with E-state index >= 15 is 0 Å². The van der Waals surface area contributed by atoms with Gasteiger partial charge < -0.3 is 10.6 Å². The molecule has 0 spiro atoms. The molecule has 2 N–H and O–H groups in total. The molecule has 0 aliphatic rings. The molecule has 0 aromatic carbocycles. The van der Waals surface area contributed by atoms with Crippen molar-refractivity contribution in [1.82, 2.24) is 9.88 Å². The fourth-order valence-corrected chi connectivity index (χ4v) is 1.69. The van der Waals surface area contributed by atoms with Crippen molar-refractivity contribution in [2.45, 2.75) is 32.7 Å². The average molecular weight is 272 g/mol. The maximum atomic E-state index is 11.8. The molecule has 0 aliphatic carbocycles. The third-order valence-electron chi connectivity index (χ3n) is 2.56. The van der Waals surface area contributed by atoms with Crippen LogP contribution in [0.15, 0.2) is 24.4 Å². The summed E-state index contributed by atoms with van der Waals surface area (Å²) < 4.78 is 0. The number of hydrogen-bond acceptors (Lipinski definition) is 3. The number of rotatable bonds is 6. The molecule has 1 aromatic rings. The highest BCUT2D eigenvalue weighted by Gasteiger charge is 2.16. The first-order valence-corrected chi connectivity index (χ1v) is 6.09. The molecule has 0 saturated heterocycles. The number of nitrogens with two attached hydrogens (primary N) is 1. The number of carbonyl (C=O) groups excluding carboxylic acids is 1. The van der Waals surface area contributed by atoms with Crippen LogP contribution in [0.4, 0.5) is 0 Å². The lowest BCUT2D eigenvalue weighted by atomic mass is 10.2. The van der Waals surface area contributed by atoms with Crippen LogP contribution in [0.25, 0.3) is 0 Å². The lowest BCUT2D eigenvalue weighted by Gasteiger charge is -2.23. The number of pyridine rings is 1. The minimum atomic E-state index is -0.426. The number of hydrogen-bond donors (Lipinski definition) is 1. The van der Waals surface area contributed by atoms with Gasteiger partial charge in [-0.2, -0.15) is 0 Å². The van der Waals surface area contributed by atoms with Crippen molar-refractivity contribution in [3.05, 3.63) is 30.1 Å². The van der Waals surface area contributed by atoms with Gasteiger partial charge in [0.05, 0.1) is 6.04 Å². The Labute approximate surface area is 115 Å². The zero-order chi connectivity index (χ0) is 12.7. The second kappa shape index (κ2) is 8.89. The molecular weight excluding hydrogens is 250 g/mol. The van der Waals surface area contributed by atoms with Gasteiger partial charge in [0, 0.05) is 31.4 Å². The normalized spacial score (nSPS) is 11.5. The fourth-order valence-electron chi connectivity index (χ4n) is 1.69. The molecular formula is C13H22ClN3O. The Balaban J connectivity index is 0.00000289. The van der Waals surface area contributed by atoms with E-state index in [-0.39, 0.29) is 18.3 Å². The van der Waals surface area contributed by atoms with Crippen molar-refractivity contribution < 1.29 is 4.79 Å². The van der Waals surface area contributed by atoms with Crippen molar-refractivity contribution in [2.24, 2.45) is 5.73 Å². The molecule has 0 bridgehead atoms. The van der Waals surface area contributed by atoms with Gasteiger partial charge in [-0.05, 0) is 25.5 Å². The molecule has 0 unspecified atom stereocenters. The van der Waals surface area contributed by atoms with Crippen LogP contribution in [0.2, 0.25) is 0 Å². The predicted octanol–water partition coefficient (Wildman–Crippen LogP) is 1.63. The zero-order valence-electron chi connectivity index (χ0n) is 11.0. The lowest BCUT2D eigenvalue weighted by molar-refractivity contribution is -0.132. The van der Waals surface area contributed by atoms with Crippen molar-refractivity contribution in [1.29, 1.82) is 0 Å². The Kier molecular flexibility index (Phi) is 8.33. The van der Waals surface area contributed by atoms with E-state index in [0.717, 1.165) is 25.1 Å². The molecule has 5 heteroatoms. The second-order valence-corrected chi connectivity index (χ2v) is 4.19. The number of halogens is 1. The van der Waals surface area contributed by atoms with Crippen LogP contribution in [0.1, 0.15) is 26.0 Å². The molecule has 1 aromatic heterocycles. The molecule has 0 saturated carbocycles. The van der Waals surface area contributed by atoms with Gasteiger partial charge in [-0.15, -0.1) is 12.4 Å². The number of aromatic nitrogens is 1. The summed E-state index contributed by atoms with van der Waals surface area (Å²) in [5.74, 6) is 0.0165. The molecule has 18 heavy (non-hydrogen) atoms. The van der Waals surface area contributed by atoms with Gasteiger partial charge in [0.15, 0.2) is 0 Å². The molecule has 0 radical (unpaired) electrons. The van der Waals surface area contributed by atoms with Crippen molar-refractivity contribution in [3.63, 3.8) is 0 Å². The quantitative estimate of drug-likeness (QED) is 0.856. The Hall–Kier alpha value is -1.13. The summed E-state index contributed by atoms with van der Waals surface area (Å²) in [5.41, 5.74) is 6.63. The van der Waals surface area contributed by atoms with Gasteiger partial charge >= 0.3 is 0 Å². The first kappa shape index (κ1) is 16.9. The van der Waals surface area contributed by atoms with E-state index in [4.69, 9.17) is 5.73 Å². The highest BCUT2D eigenvalue weighted by atomic mass is 35.5.